The van der Waals surface area contributed by atoms with Gasteiger partial charge in [0, 0.05) is 24.0 Å². The Balaban J connectivity index is 1.81. The van der Waals surface area contributed by atoms with E-state index in [1.54, 1.807) is 0 Å². The Morgan fingerprint density at radius 3 is 2.50 bits per heavy atom. The number of sulfonamides is 1. The fourth-order valence-corrected chi connectivity index (χ4v) is 5.95. The van der Waals surface area contributed by atoms with Crippen molar-refractivity contribution < 1.29 is 26.3 Å². The van der Waals surface area contributed by atoms with E-state index in [-0.39, 0.29) is 16.2 Å². The van der Waals surface area contributed by atoms with E-state index in [1.807, 2.05) is 43.3 Å². The molecule has 1 aliphatic rings. The molecule has 13 heteroatoms. The third-order valence-electron chi connectivity index (χ3n) is 5.86. The van der Waals surface area contributed by atoms with Crippen molar-refractivity contribution >= 4 is 42.7 Å². The van der Waals surface area contributed by atoms with Crippen LogP contribution < -0.4 is 19.7 Å². The van der Waals surface area contributed by atoms with Crippen LogP contribution in [0.4, 0.5) is 19.0 Å². The lowest BCUT2D eigenvalue weighted by molar-refractivity contribution is -0.275. The smallest absolute Gasteiger partial charge is 0.404 e. The van der Waals surface area contributed by atoms with Crippen molar-refractivity contribution in [3.8, 4) is 5.75 Å². The quantitative estimate of drug-likeness (QED) is 0.423. The summed E-state index contributed by atoms with van der Waals surface area (Å²) >= 11 is 3.07. The van der Waals surface area contributed by atoms with Gasteiger partial charge in [-0.1, -0.05) is 28.1 Å². The lowest BCUT2D eigenvalue weighted by atomic mass is 9.90. The minimum atomic E-state index is -5.07. The molecule has 194 valence electrons. The van der Waals surface area contributed by atoms with Crippen molar-refractivity contribution in [3.63, 3.8) is 0 Å². The fourth-order valence-electron chi connectivity index (χ4n) is 4.23. The van der Waals surface area contributed by atoms with Crippen LogP contribution in [0.2, 0.25) is 0 Å². The van der Waals surface area contributed by atoms with Gasteiger partial charge in [-0.3, -0.25) is 0 Å². The molecule has 0 radical (unpaired) electrons. The van der Waals surface area contributed by atoms with Crippen molar-refractivity contribution in [2.75, 3.05) is 32.1 Å². The van der Waals surface area contributed by atoms with Gasteiger partial charge in [0.1, 0.15) is 16.5 Å². The number of alkyl halides is 3. The molecule has 1 aromatic heterocycles. The molecule has 1 atom stereocenters. The van der Waals surface area contributed by atoms with E-state index in [0.717, 1.165) is 17.5 Å². The minimum absolute atomic E-state index is 0.181. The minimum Gasteiger partial charge on any atom is -0.404 e. The second-order valence-electron chi connectivity index (χ2n) is 8.64. The second kappa shape index (κ2) is 10.5. The van der Waals surface area contributed by atoms with E-state index in [9.17, 15) is 21.6 Å². The number of aromatic nitrogens is 2. The van der Waals surface area contributed by atoms with Gasteiger partial charge in [-0.25, -0.2) is 23.1 Å². The lowest BCUT2D eigenvalue weighted by Crippen LogP contribution is -2.40. The summed E-state index contributed by atoms with van der Waals surface area (Å²) in [6, 6.07) is 9.88. The number of ether oxygens (including phenoxy) is 1. The van der Waals surface area contributed by atoms with Gasteiger partial charge in [-0.05, 0) is 62.2 Å². The molecule has 2 aromatic carbocycles. The topological polar surface area (TPSA) is 96.5 Å². The number of rotatable bonds is 7. The molecule has 4 rings (SSSR count). The van der Waals surface area contributed by atoms with Crippen LogP contribution in [-0.4, -0.2) is 51.9 Å². The molecule has 8 nitrogen and oxygen atoms in total. The average Bonchev–Trinajstić information content (AvgIpc) is 2.81. The second-order valence-corrected chi connectivity index (χ2v) is 11.2. The molecule has 1 unspecified atom stereocenters. The summed E-state index contributed by atoms with van der Waals surface area (Å²) < 4.78 is 73.0. The van der Waals surface area contributed by atoms with Crippen LogP contribution in [0.5, 0.6) is 5.75 Å². The van der Waals surface area contributed by atoms with E-state index in [2.05, 4.69) is 35.7 Å². The molecular formula is C23H25BrF3N5O3S. The molecule has 0 bridgehead atoms. The van der Waals surface area contributed by atoms with Gasteiger partial charge in [-0.15, -0.1) is 13.2 Å². The van der Waals surface area contributed by atoms with Gasteiger partial charge >= 0.3 is 6.36 Å². The Hall–Kier alpha value is -2.48. The molecule has 1 saturated heterocycles. The van der Waals surface area contributed by atoms with E-state index in [0.29, 0.717) is 37.3 Å². The zero-order valence-corrected chi connectivity index (χ0v) is 21.9. The first-order chi connectivity index (χ1) is 16.9. The number of benzene rings is 2. The van der Waals surface area contributed by atoms with Crippen LogP contribution in [0.3, 0.4) is 0 Å². The number of hydrogen-bond acceptors (Lipinski definition) is 7. The third-order valence-corrected chi connectivity index (χ3v) is 7.83. The lowest BCUT2D eigenvalue weighted by Gasteiger charge is -2.31. The molecular weight excluding hydrogens is 563 g/mol. The molecule has 2 N–H and O–H groups in total. The van der Waals surface area contributed by atoms with Crippen LogP contribution in [0.25, 0.3) is 10.9 Å². The first-order valence-electron chi connectivity index (χ1n) is 11.2. The zero-order chi connectivity index (χ0) is 26.1. The average molecular weight is 588 g/mol. The Morgan fingerprint density at radius 1 is 1.14 bits per heavy atom. The number of nitrogens with zero attached hydrogens (tertiary/aromatic N) is 3. The van der Waals surface area contributed by atoms with Crippen LogP contribution in [0, 0.1) is 5.92 Å². The standard InChI is InChI=1S/C23H25BrF3N5O3S/c1-32(2)22-16-5-3-4-6-17(16)29-21(30-22)20(14-9-11-28-12-10-14)31-36(33,34)19-8-7-15(24)13-18(19)35-23(25,26)27/h3-8,13-14,20,28,31H,9-12H2,1-2H3. The monoisotopic (exact) mass is 587 g/mol. The number of para-hydroxylation sites is 1. The molecule has 0 spiro atoms. The number of hydrogen-bond donors (Lipinski definition) is 2. The van der Waals surface area contributed by atoms with Crippen molar-refractivity contribution in [2.24, 2.45) is 5.92 Å². The van der Waals surface area contributed by atoms with Gasteiger partial charge in [0.25, 0.3) is 0 Å². The van der Waals surface area contributed by atoms with Crippen molar-refractivity contribution in [2.45, 2.75) is 30.1 Å². The number of fused-ring (bicyclic) bond motifs is 1. The summed E-state index contributed by atoms with van der Waals surface area (Å²) in [5, 5.41) is 4.04. The van der Waals surface area contributed by atoms with Crippen LogP contribution in [0.1, 0.15) is 24.7 Å². The first-order valence-corrected chi connectivity index (χ1v) is 13.4. The molecule has 1 aliphatic heterocycles. The number of piperidine rings is 1. The van der Waals surface area contributed by atoms with Gasteiger partial charge in [0.2, 0.25) is 10.0 Å². The summed E-state index contributed by atoms with van der Waals surface area (Å²) in [5.74, 6) is -0.150. The predicted octanol–water partition coefficient (Wildman–Crippen LogP) is 4.38. The van der Waals surface area contributed by atoms with E-state index < -0.39 is 33.1 Å². The Labute approximate surface area is 215 Å². The highest BCUT2D eigenvalue weighted by Gasteiger charge is 2.37. The zero-order valence-electron chi connectivity index (χ0n) is 19.5. The van der Waals surface area contributed by atoms with Gasteiger partial charge in [-0.2, -0.15) is 0 Å². The summed E-state index contributed by atoms with van der Waals surface area (Å²) in [5.41, 5.74) is 0.633. The third kappa shape index (κ3) is 6.07. The molecule has 0 saturated carbocycles. The Kier molecular flexibility index (Phi) is 7.74. The molecule has 0 aliphatic carbocycles. The van der Waals surface area contributed by atoms with Crippen LogP contribution in [0.15, 0.2) is 51.8 Å². The SMILES string of the molecule is CN(C)c1nc(C(NS(=O)(=O)c2ccc(Br)cc2OC(F)(F)F)C2CCNCC2)nc2ccccc12. The summed E-state index contributed by atoms with van der Waals surface area (Å²) in [6.07, 6.45) is -3.80. The maximum atomic E-state index is 13.5. The largest absolute Gasteiger partial charge is 0.573 e. The van der Waals surface area contributed by atoms with Crippen molar-refractivity contribution in [3.05, 3.63) is 52.8 Å². The van der Waals surface area contributed by atoms with Crippen molar-refractivity contribution in [1.29, 1.82) is 0 Å². The summed E-state index contributed by atoms with van der Waals surface area (Å²) in [6.45, 7) is 1.33. The van der Waals surface area contributed by atoms with Crippen LogP contribution >= 0.6 is 15.9 Å². The number of nitrogens with one attached hydrogen (secondary N) is 2. The summed E-state index contributed by atoms with van der Waals surface area (Å²) in [7, 11) is -0.824. The van der Waals surface area contributed by atoms with E-state index in [4.69, 9.17) is 4.98 Å². The molecule has 3 aromatic rings. The van der Waals surface area contributed by atoms with E-state index in [1.165, 1.54) is 6.07 Å². The molecule has 2 heterocycles. The Bertz CT molecular complexity index is 1350. The van der Waals surface area contributed by atoms with Gasteiger partial charge < -0.3 is 15.0 Å². The first kappa shape index (κ1) is 26.6. The molecule has 0 amide bonds. The maximum absolute atomic E-state index is 13.5. The highest BCUT2D eigenvalue weighted by Crippen LogP contribution is 2.36. The normalized spacial score (nSPS) is 16.2. The van der Waals surface area contributed by atoms with Gasteiger partial charge in [0.15, 0.2) is 5.75 Å². The predicted molar refractivity (Wildman–Crippen MR) is 133 cm³/mol. The maximum Gasteiger partial charge on any atom is 0.573 e. The highest BCUT2D eigenvalue weighted by atomic mass is 79.9. The summed E-state index contributed by atoms with van der Waals surface area (Å²) in [4.78, 5) is 10.5. The molecule has 36 heavy (non-hydrogen) atoms. The molecule has 1 fully saturated rings. The van der Waals surface area contributed by atoms with Crippen LogP contribution in [-0.2, 0) is 10.0 Å². The highest BCUT2D eigenvalue weighted by molar-refractivity contribution is 9.10. The van der Waals surface area contributed by atoms with Gasteiger partial charge in [0.05, 0.1) is 11.6 Å². The fraction of sp³-hybridized carbons (Fsp3) is 0.391. The number of halogens is 4. The van der Waals surface area contributed by atoms with E-state index >= 15 is 0 Å². The Morgan fingerprint density at radius 2 is 1.83 bits per heavy atom. The number of anilines is 1. The van der Waals surface area contributed by atoms with Crippen molar-refractivity contribution in [1.82, 2.24) is 20.0 Å².